The van der Waals surface area contributed by atoms with Crippen LogP contribution in [-0.4, -0.2) is 34.3 Å². The lowest BCUT2D eigenvalue weighted by atomic mass is 10.1. The molecule has 0 saturated carbocycles. The van der Waals surface area contributed by atoms with Gasteiger partial charge in [0.2, 0.25) is 0 Å². The number of para-hydroxylation sites is 2. The Morgan fingerprint density at radius 2 is 2.03 bits per heavy atom. The Morgan fingerprint density at radius 1 is 1.24 bits per heavy atom. The standard InChI is InChI=1S/C22H21N3O4/c1-14-7-8-15(2)20(11-14)28-10-9-21(27)29-13-19(26)16(12-23)22-24-17-5-3-4-6-18(17)25-22/h3-8,11,26H,9-10,13H2,1-2H3,(H,24,25)/b19-16-. The van der Waals surface area contributed by atoms with E-state index >= 15 is 0 Å². The zero-order valence-electron chi connectivity index (χ0n) is 16.2. The van der Waals surface area contributed by atoms with E-state index in [1.165, 1.54) is 0 Å². The molecular formula is C22H21N3O4. The first-order chi connectivity index (χ1) is 14.0. The molecule has 0 radical (unpaired) electrons. The lowest BCUT2D eigenvalue weighted by molar-refractivity contribution is -0.143. The SMILES string of the molecule is Cc1ccc(C)c(OCCC(=O)OC/C(O)=C(\C#N)c2nc3ccccc3[nH]2)c1. The number of aromatic nitrogens is 2. The summed E-state index contributed by atoms with van der Waals surface area (Å²) in [6.07, 6.45) is 0.0210. The summed E-state index contributed by atoms with van der Waals surface area (Å²) < 4.78 is 10.7. The van der Waals surface area contributed by atoms with E-state index in [0.29, 0.717) is 5.52 Å². The molecule has 0 fully saturated rings. The number of rotatable bonds is 7. The van der Waals surface area contributed by atoms with Crippen LogP contribution in [0, 0.1) is 25.2 Å². The maximum absolute atomic E-state index is 11.9. The van der Waals surface area contributed by atoms with E-state index in [9.17, 15) is 15.2 Å². The van der Waals surface area contributed by atoms with Crippen molar-refractivity contribution < 1.29 is 19.4 Å². The maximum atomic E-state index is 11.9. The molecule has 2 N–H and O–H groups in total. The van der Waals surface area contributed by atoms with Crippen molar-refractivity contribution in [2.45, 2.75) is 20.3 Å². The Bertz CT molecular complexity index is 1080. The first-order valence-corrected chi connectivity index (χ1v) is 9.11. The molecule has 0 spiro atoms. The number of esters is 1. The Balaban J connectivity index is 1.56. The summed E-state index contributed by atoms with van der Waals surface area (Å²) in [5.41, 5.74) is 3.39. The van der Waals surface area contributed by atoms with Gasteiger partial charge in [0.1, 0.15) is 24.0 Å². The molecule has 0 atom stereocenters. The van der Waals surface area contributed by atoms with E-state index < -0.39 is 12.6 Å². The fraction of sp³-hybridized carbons (Fsp3) is 0.227. The van der Waals surface area contributed by atoms with E-state index in [1.807, 2.05) is 56.3 Å². The molecule has 0 unspecified atom stereocenters. The molecule has 148 valence electrons. The van der Waals surface area contributed by atoms with Crippen LogP contribution in [0.1, 0.15) is 23.4 Å². The molecule has 1 aromatic heterocycles. The third-order valence-corrected chi connectivity index (χ3v) is 4.30. The number of imidazole rings is 1. The zero-order valence-corrected chi connectivity index (χ0v) is 16.2. The Labute approximate surface area is 168 Å². The molecule has 29 heavy (non-hydrogen) atoms. The summed E-state index contributed by atoms with van der Waals surface area (Å²) >= 11 is 0. The highest BCUT2D eigenvalue weighted by Crippen LogP contribution is 2.20. The van der Waals surface area contributed by atoms with Crippen molar-refractivity contribution in [2.24, 2.45) is 0 Å². The Morgan fingerprint density at radius 3 is 2.79 bits per heavy atom. The fourth-order valence-electron chi connectivity index (χ4n) is 2.73. The smallest absolute Gasteiger partial charge is 0.309 e. The highest BCUT2D eigenvalue weighted by atomic mass is 16.5. The molecule has 1 heterocycles. The van der Waals surface area contributed by atoms with Crippen LogP contribution in [0.5, 0.6) is 5.75 Å². The molecule has 0 aliphatic heterocycles. The van der Waals surface area contributed by atoms with Crippen LogP contribution >= 0.6 is 0 Å². The molecule has 0 aliphatic rings. The number of nitrogens with one attached hydrogen (secondary N) is 1. The van der Waals surface area contributed by atoms with Crippen molar-refractivity contribution in [2.75, 3.05) is 13.2 Å². The minimum absolute atomic E-state index is 0.0210. The molecule has 7 heteroatoms. The number of hydrogen-bond donors (Lipinski definition) is 2. The van der Waals surface area contributed by atoms with Gasteiger partial charge in [0.25, 0.3) is 0 Å². The summed E-state index contributed by atoms with van der Waals surface area (Å²) in [6.45, 7) is 3.63. The van der Waals surface area contributed by atoms with Crippen molar-refractivity contribution in [3.63, 3.8) is 0 Å². The number of fused-ring (bicyclic) bond motifs is 1. The average molecular weight is 391 g/mol. The number of aryl methyl sites for hydroxylation is 2. The van der Waals surface area contributed by atoms with Crippen molar-refractivity contribution in [1.82, 2.24) is 9.97 Å². The van der Waals surface area contributed by atoms with Crippen LogP contribution in [0.2, 0.25) is 0 Å². The van der Waals surface area contributed by atoms with E-state index in [1.54, 1.807) is 6.07 Å². The van der Waals surface area contributed by atoms with Crippen molar-refractivity contribution in [1.29, 1.82) is 5.26 Å². The number of benzene rings is 2. The molecule has 0 bridgehead atoms. The second-order valence-corrected chi connectivity index (χ2v) is 6.56. The first-order valence-electron chi connectivity index (χ1n) is 9.11. The number of nitriles is 1. The summed E-state index contributed by atoms with van der Waals surface area (Å²) in [7, 11) is 0. The van der Waals surface area contributed by atoms with Crippen LogP contribution < -0.4 is 4.74 Å². The van der Waals surface area contributed by atoms with Crippen molar-refractivity contribution in [3.05, 3.63) is 65.2 Å². The lowest BCUT2D eigenvalue weighted by Gasteiger charge is -2.10. The molecule has 7 nitrogen and oxygen atoms in total. The number of carbonyl (C=O) groups excluding carboxylic acids is 1. The summed E-state index contributed by atoms with van der Waals surface area (Å²) in [4.78, 5) is 19.2. The topological polar surface area (TPSA) is 108 Å². The highest BCUT2D eigenvalue weighted by molar-refractivity contribution is 5.83. The number of aliphatic hydroxyl groups excluding tert-OH is 1. The zero-order chi connectivity index (χ0) is 20.8. The summed E-state index contributed by atoms with van der Waals surface area (Å²) in [5, 5.41) is 19.6. The number of ether oxygens (including phenoxy) is 2. The van der Waals surface area contributed by atoms with Gasteiger partial charge >= 0.3 is 5.97 Å². The van der Waals surface area contributed by atoms with Crippen LogP contribution in [0.15, 0.2) is 48.2 Å². The van der Waals surface area contributed by atoms with Gasteiger partial charge in [-0.15, -0.1) is 0 Å². The van der Waals surface area contributed by atoms with Crippen LogP contribution in [0.25, 0.3) is 16.6 Å². The van der Waals surface area contributed by atoms with E-state index in [2.05, 4.69) is 9.97 Å². The van der Waals surface area contributed by atoms with E-state index in [0.717, 1.165) is 22.4 Å². The third kappa shape index (κ3) is 4.93. The predicted molar refractivity (Wildman–Crippen MR) is 108 cm³/mol. The minimum Gasteiger partial charge on any atom is -0.507 e. The van der Waals surface area contributed by atoms with Crippen molar-refractivity contribution in [3.8, 4) is 11.8 Å². The van der Waals surface area contributed by atoms with Gasteiger partial charge < -0.3 is 19.6 Å². The average Bonchev–Trinajstić information content (AvgIpc) is 3.13. The fourth-order valence-corrected chi connectivity index (χ4v) is 2.73. The number of aliphatic hydroxyl groups is 1. The number of aromatic amines is 1. The number of allylic oxidation sites excluding steroid dienone is 1. The first kappa shape index (κ1) is 20.0. The van der Waals surface area contributed by atoms with Crippen LogP contribution in [0.4, 0.5) is 0 Å². The lowest BCUT2D eigenvalue weighted by Crippen LogP contribution is -2.12. The van der Waals surface area contributed by atoms with Gasteiger partial charge in [0.05, 0.1) is 24.1 Å². The monoisotopic (exact) mass is 391 g/mol. The number of hydrogen-bond acceptors (Lipinski definition) is 6. The molecule has 3 rings (SSSR count). The third-order valence-electron chi connectivity index (χ3n) is 4.30. The van der Waals surface area contributed by atoms with E-state index in [4.69, 9.17) is 9.47 Å². The Kier molecular flexibility index (Phi) is 6.15. The highest BCUT2D eigenvalue weighted by Gasteiger charge is 2.15. The summed E-state index contributed by atoms with van der Waals surface area (Å²) in [5.74, 6) is 0.0387. The largest absolute Gasteiger partial charge is 0.507 e. The number of nitrogens with zero attached hydrogens (tertiary/aromatic N) is 2. The van der Waals surface area contributed by atoms with Gasteiger partial charge in [0.15, 0.2) is 11.6 Å². The predicted octanol–water partition coefficient (Wildman–Crippen LogP) is 3.98. The molecule has 0 saturated heterocycles. The van der Waals surface area contributed by atoms with Gasteiger partial charge in [-0.25, -0.2) is 4.98 Å². The minimum atomic E-state index is -0.538. The van der Waals surface area contributed by atoms with Gasteiger partial charge in [-0.3, -0.25) is 4.79 Å². The van der Waals surface area contributed by atoms with Gasteiger partial charge in [0, 0.05) is 0 Å². The van der Waals surface area contributed by atoms with Crippen molar-refractivity contribution >= 4 is 22.6 Å². The van der Waals surface area contributed by atoms with Gasteiger partial charge in [-0.1, -0.05) is 24.3 Å². The van der Waals surface area contributed by atoms with E-state index in [-0.39, 0.29) is 30.2 Å². The second kappa shape index (κ2) is 8.93. The molecule has 2 aromatic carbocycles. The molecule has 0 aliphatic carbocycles. The maximum Gasteiger partial charge on any atom is 0.309 e. The quantitative estimate of drug-likeness (QED) is 0.358. The van der Waals surface area contributed by atoms with Crippen LogP contribution in [-0.2, 0) is 9.53 Å². The number of H-pyrrole nitrogens is 1. The molecule has 3 aromatic rings. The summed E-state index contributed by atoms with van der Waals surface area (Å²) in [6, 6.07) is 15.0. The molecular weight excluding hydrogens is 370 g/mol. The Hall–Kier alpha value is -3.79. The normalized spacial score (nSPS) is 11.6. The number of carbonyl (C=O) groups is 1. The second-order valence-electron chi connectivity index (χ2n) is 6.56. The van der Waals surface area contributed by atoms with Gasteiger partial charge in [-0.2, -0.15) is 5.26 Å². The van der Waals surface area contributed by atoms with Gasteiger partial charge in [-0.05, 0) is 43.2 Å². The molecule has 0 amide bonds. The van der Waals surface area contributed by atoms with Crippen LogP contribution in [0.3, 0.4) is 0 Å².